The summed E-state index contributed by atoms with van der Waals surface area (Å²) in [5.41, 5.74) is 3.08. The monoisotopic (exact) mass is 386 g/mol. The van der Waals surface area contributed by atoms with Gasteiger partial charge in [-0.1, -0.05) is 47.5 Å². The Bertz CT molecular complexity index is 939. The third kappa shape index (κ3) is 3.00. The van der Waals surface area contributed by atoms with Crippen LogP contribution in [0, 0.1) is 0 Å². The lowest BCUT2D eigenvalue weighted by molar-refractivity contribution is -0.132. The third-order valence-electron chi connectivity index (χ3n) is 4.86. The van der Waals surface area contributed by atoms with Gasteiger partial charge in [-0.15, -0.1) is 0 Å². The fourth-order valence-corrected chi connectivity index (χ4v) is 4.06. The van der Waals surface area contributed by atoms with Gasteiger partial charge in [-0.3, -0.25) is 9.59 Å². The number of amides is 1. The van der Waals surface area contributed by atoms with Gasteiger partial charge in [0.05, 0.1) is 11.1 Å². The second kappa shape index (κ2) is 6.78. The van der Waals surface area contributed by atoms with Crippen molar-refractivity contribution in [2.45, 2.75) is 12.5 Å². The summed E-state index contributed by atoms with van der Waals surface area (Å²) >= 11 is 12.0. The Morgan fingerprint density at radius 2 is 2.00 bits per heavy atom. The summed E-state index contributed by atoms with van der Waals surface area (Å²) in [6.45, 7) is 1.23. The number of halogens is 2. The van der Waals surface area contributed by atoms with Gasteiger partial charge in [0.25, 0.3) is 5.91 Å². The minimum absolute atomic E-state index is 0.00109. The highest BCUT2D eigenvalue weighted by Crippen LogP contribution is 2.32. The number of ketones is 1. The Balaban J connectivity index is 1.60. The number of nitrogens with one attached hydrogen (secondary N) is 1. The van der Waals surface area contributed by atoms with Gasteiger partial charge in [0.2, 0.25) is 0 Å². The molecule has 0 aromatic heterocycles. The topological polar surface area (TPSA) is 49.4 Å². The Kier molecular flexibility index (Phi) is 4.47. The maximum atomic E-state index is 12.9. The maximum absolute atomic E-state index is 12.9. The second-order valence-electron chi connectivity index (χ2n) is 6.39. The third-order valence-corrected chi connectivity index (χ3v) is 5.41. The normalized spacial score (nSPS) is 20.4. The van der Waals surface area contributed by atoms with Gasteiger partial charge < -0.3 is 10.2 Å². The molecule has 2 heterocycles. The van der Waals surface area contributed by atoms with Crippen molar-refractivity contribution in [1.82, 2.24) is 10.2 Å². The first-order chi connectivity index (χ1) is 12.5. The maximum Gasteiger partial charge on any atom is 0.270 e. The molecule has 1 amide bonds. The predicted molar refractivity (Wildman–Crippen MR) is 101 cm³/mol. The first kappa shape index (κ1) is 17.1. The fraction of sp³-hybridized carbons (Fsp3) is 0.200. The van der Waals surface area contributed by atoms with E-state index in [1.165, 1.54) is 23.3 Å². The number of allylic oxidation sites excluding steroid dienone is 1. The molecule has 2 aromatic carbocycles. The van der Waals surface area contributed by atoms with E-state index in [1.54, 1.807) is 12.1 Å². The van der Waals surface area contributed by atoms with Crippen molar-refractivity contribution < 1.29 is 9.59 Å². The highest BCUT2D eigenvalue weighted by atomic mass is 35.5. The average molecular weight is 387 g/mol. The Morgan fingerprint density at radius 3 is 2.81 bits per heavy atom. The van der Waals surface area contributed by atoms with Gasteiger partial charge in [0, 0.05) is 29.8 Å². The van der Waals surface area contributed by atoms with Crippen LogP contribution in [0.2, 0.25) is 10.0 Å². The van der Waals surface area contributed by atoms with Crippen LogP contribution in [-0.4, -0.2) is 29.7 Å². The van der Waals surface area contributed by atoms with Crippen LogP contribution in [0.1, 0.15) is 27.5 Å². The molecular formula is C20H16Cl2N2O2. The standard InChI is InChI=1S/C20H16Cl2N2O2/c21-13-5-6-15(16(22)9-13)19(25)10-17-20(26)24-8-7-12-3-1-2-4-14(12)18(24)11-23-17/h1-6,9-10,18,23H,7-8,11H2/b17-10-. The van der Waals surface area contributed by atoms with Crippen LogP contribution >= 0.6 is 23.2 Å². The molecule has 0 bridgehead atoms. The lowest BCUT2D eigenvalue weighted by Gasteiger charge is -2.41. The zero-order valence-corrected chi connectivity index (χ0v) is 15.3. The van der Waals surface area contributed by atoms with E-state index in [0.29, 0.717) is 29.4 Å². The van der Waals surface area contributed by atoms with Gasteiger partial charge in [-0.25, -0.2) is 0 Å². The van der Waals surface area contributed by atoms with Crippen LogP contribution < -0.4 is 5.32 Å². The van der Waals surface area contributed by atoms with Crippen LogP contribution in [0.25, 0.3) is 0 Å². The molecule has 1 fully saturated rings. The largest absolute Gasteiger partial charge is 0.378 e. The molecule has 1 N–H and O–H groups in total. The molecule has 0 spiro atoms. The second-order valence-corrected chi connectivity index (χ2v) is 7.23. The van der Waals surface area contributed by atoms with E-state index >= 15 is 0 Å². The number of nitrogens with zero attached hydrogens (tertiary/aromatic N) is 1. The van der Waals surface area contributed by atoms with Crippen LogP contribution in [0.3, 0.4) is 0 Å². The van der Waals surface area contributed by atoms with Crippen molar-refractivity contribution in [3.63, 3.8) is 0 Å². The number of carbonyl (C=O) groups excluding carboxylic acids is 2. The van der Waals surface area contributed by atoms with Crippen LogP contribution in [0.15, 0.2) is 54.2 Å². The van der Waals surface area contributed by atoms with Crippen molar-refractivity contribution in [3.8, 4) is 0 Å². The molecule has 4 rings (SSSR count). The first-order valence-corrected chi connectivity index (χ1v) is 9.14. The Hall–Kier alpha value is -2.30. The molecule has 1 atom stereocenters. The molecule has 0 aliphatic carbocycles. The predicted octanol–water partition coefficient (Wildman–Crippen LogP) is 3.79. The van der Waals surface area contributed by atoms with Gasteiger partial charge in [-0.05, 0) is 35.7 Å². The number of fused-ring (bicyclic) bond motifs is 3. The molecule has 1 unspecified atom stereocenters. The summed E-state index contributed by atoms with van der Waals surface area (Å²) in [6, 6.07) is 12.9. The van der Waals surface area contributed by atoms with E-state index in [0.717, 1.165) is 6.42 Å². The molecule has 26 heavy (non-hydrogen) atoms. The Labute approximate surface area is 161 Å². The van der Waals surface area contributed by atoms with Crippen molar-refractivity contribution in [2.75, 3.05) is 13.1 Å². The van der Waals surface area contributed by atoms with Crippen molar-refractivity contribution in [2.24, 2.45) is 0 Å². The molecule has 132 valence electrons. The Morgan fingerprint density at radius 1 is 1.19 bits per heavy atom. The number of rotatable bonds is 2. The van der Waals surface area contributed by atoms with E-state index in [2.05, 4.69) is 17.4 Å². The average Bonchev–Trinajstić information content (AvgIpc) is 2.63. The summed E-state index contributed by atoms with van der Waals surface area (Å²) in [5, 5.41) is 3.85. The van der Waals surface area contributed by atoms with Gasteiger partial charge in [-0.2, -0.15) is 0 Å². The highest BCUT2D eigenvalue weighted by Gasteiger charge is 2.36. The minimum atomic E-state index is -0.321. The van der Waals surface area contributed by atoms with E-state index < -0.39 is 0 Å². The number of hydrogen-bond donors (Lipinski definition) is 1. The van der Waals surface area contributed by atoms with Gasteiger partial charge >= 0.3 is 0 Å². The zero-order chi connectivity index (χ0) is 18.3. The SMILES string of the molecule is O=C(/C=C1\NCC2c3ccccc3CCN2C1=O)c1ccc(Cl)cc1Cl. The molecular weight excluding hydrogens is 371 g/mol. The van der Waals surface area contributed by atoms with E-state index in [4.69, 9.17) is 23.2 Å². The number of piperazine rings is 1. The van der Waals surface area contributed by atoms with E-state index in [-0.39, 0.29) is 22.8 Å². The highest BCUT2D eigenvalue weighted by molar-refractivity contribution is 6.37. The molecule has 4 nitrogen and oxygen atoms in total. The summed E-state index contributed by atoms with van der Waals surface area (Å²) < 4.78 is 0. The smallest absolute Gasteiger partial charge is 0.270 e. The summed E-state index contributed by atoms with van der Waals surface area (Å²) in [5.74, 6) is -0.479. The van der Waals surface area contributed by atoms with Gasteiger partial charge in [0.15, 0.2) is 5.78 Å². The minimum Gasteiger partial charge on any atom is -0.378 e. The van der Waals surface area contributed by atoms with Crippen LogP contribution in [0.5, 0.6) is 0 Å². The summed E-state index contributed by atoms with van der Waals surface area (Å²) in [7, 11) is 0. The summed E-state index contributed by atoms with van der Waals surface area (Å²) in [6.07, 6.45) is 2.15. The van der Waals surface area contributed by atoms with E-state index in [9.17, 15) is 9.59 Å². The molecule has 0 radical (unpaired) electrons. The quantitative estimate of drug-likeness (QED) is 0.630. The number of hydrogen-bond acceptors (Lipinski definition) is 3. The molecule has 2 aromatic rings. The molecule has 2 aliphatic heterocycles. The first-order valence-electron chi connectivity index (χ1n) is 8.38. The summed E-state index contributed by atoms with van der Waals surface area (Å²) in [4.78, 5) is 27.2. The molecule has 0 saturated carbocycles. The van der Waals surface area contributed by atoms with Gasteiger partial charge in [0.1, 0.15) is 5.70 Å². The van der Waals surface area contributed by atoms with Crippen LogP contribution in [0.4, 0.5) is 0 Å². The lowest BCUT2D eigenvalue weighted by atomic mass is 9.90. The van der Waals surface area contributed by atoms with Crippen molar-refractivity contribution in [3.05, 3.63) is 81.0 Å². The number of benzene rings is 2. The number of carbonyl (C=O) groups is 2. The molecule has 1 saturated heterocycles. The lowest BCUT2D eigenvalue weighted by Crippen LogP contribution is -2.51. The van der Waals surface area contributed by atoms with Crippen molar-refractivity contribution >= 4 is 34.9 Å². The zero-order valence-electron chi connectivity index (χ0n) is 13.8. The van der Waals surface area contributed by atoms with E-state index in [1.807, 2.05) is 17.0 Å². The fourth-order valence-electron chi connectivity index (χ4n) is 3.56. The van der Waals surface area contributed by atoms with Crippen molar-refractivity contribution in [1.29, 1.82) is 0 Å². The molecule has 2 aliphatic rings. The van der Waals surface area contributed by atoms with Crippen LogP contribution in [-0.2, 0) is 11.2 Å². The molecule has 6 heteroatoms.